The van der Waals surface area contributed by atoms with E-state index in [2.05, 4.69) is 46.9 Å². The molecule has 1 aliphatic carbocycles. The predicted octanol–water partition coefficient (Wildman–Crippen LogP) is 1.95. The molecule has 6 nitrogen and oxygen atoms in total. The molecule has 0 spiro atoms. The standard InChI is InChI=1S/C10H16Br2N4O2S/c1-16-10(9(12)13-15-16)19(17,18)14-8-6-4-2-3-5-7(8)11/h7-8,14H,2-6H2,1H3. The molecule has 0 aliphatic heterocycles. The SMILES string of the molecule is Cn1nnc(Br)c1S(=O)(=O)NC1CCCCCC1Br. The minimum atomic E-state index is -3.62. The third-order valence-electron chi connectivity index (χ3n) is 3.23. The van der Waals surface area contributed by atoms with Gasteiger partial charge >= 0.3 is 0 Å². The van der Waals surface area contributed by atoms with Gasteiger partial charge in [-0.05, 0) is 28.8 Å². The Hall–Kier alpha value is 0.01000. The van der Waals surface area contributed by atoms with Gasteiger partial charge in [0.05, 0.1) is 0 Å². The number of nitrogens with one attached hydrogen (secondary N) is 1. The van der Waals surface area contributed by atoms with Crippen LogP contribution in [0.2, 0.25) is 0 Å². The van der Waals surface area contributed by atoms with Crippen molar-refractivity contribution >= 4 is 41.9 Å². The molecule has 2 unspecified atom stereocenters. The van der Waals surface area contributed by atoms with Crippen LogP contribution in [0.4, 0.5) is 0 Å². The van der Waals surface area contributed by atoms with Crippen molar-refractivity contribution in [3.63, 3.8) is 0 Å². The average Bonchev–Trinajstić information content (AvgIpc) is 2.54. The van der Waals surface area contributed by atoms with E-state index in [-0.39, 0.29) is 20.5 Å². The van der Waals surface area contributed by atoms with Crippen molar-refractivity contribution in [2.45, 2.75) is 48.0 Å². The number of aryl methyl sites for hydroxylation is 1. The molecule has 2 rings (SSSR count). The van der Waals surface area contributed by atoms with Crippen molar-refractivity contribution in [1.82, 2.24) is 19.7 Å². The largest absolute Gasteiger partial charge is 0.260 e. The summed E-state index contributed by atoms with van der Waals surface area (Å²) in [6.07, 6.45) is 5.15. The molecule has 108 valence electrons. The second kappa shape index (κ2) is 6.19. The molecule has 0 radical (unpaired) electrons. The first-order valence-electron chi connectivity index (χ1n) is 6.13. The van der Waals surface area contributed by atoms with Gasteiger partial charge in [0.25, 0.3) is 10.0 Å². The second-order valence-electron chi connectivity index (χ2n) is 4.69. The van der Waals surface area contributed by atoms with Crippen LogP contribution in [-0.2, 0) is 17.1 Å². The van der Waals surface area contributed by atoms with Gasteiger partial charge in [0.1, 0.15) is 0 Å². The third kappa shape index (κ3) is 3.56. The van der Waals surface area contributed by atoms with E-state index in [1.54, 1.807) is 7.05 Å². The van der Waals surface area contributed by atoms with Gasteiger partial charge in [-0.25, -0.2) is 17.8 Å². The Bertz CT molecular complexity index is 526. The first-order chi connectivity index (χ1) is 8.92. The Morgan fingerprint density at radius 2 is 2.00 bits per heavy atom. The highest BCUT2D eigenvalue weighted by atomic mass is 79.9. The van der Waals surface area contributed by atoms with Crippen molar-refractivity contribution < 1.29 is 8.42 Å². The van der Waals surface area contributed by atoms with Gasteiger partial charge in [-0.2, -0.15) is 0 Å². The van der Waals surface area contributed by atoms with Gasteiger partial charge in [-0.1, -0.05) is 40.4 Å². The van der Waals surface area contributed by atoms with E-state index < -0.39 is 10.0 Å². The van der Waals surface area contributed by atoms with Crippen molar-refractivity contribution in [1.29, 1.82) is 0 Å². The van der Waals surface area contributed by atoms with Crippen LogP contribution in [0.5, 0.6) is 0 Å². The molecule has 2 atom stereocenters. The van der Waals surface area contributed by atoms with E-state index in [4.69, 9.17) is 0 Å². The number of rotatable bonds is 3. The van der Waals surface area contributed by atoms with Gasteiger partial charge in [-0.3, -0.25) is 0 Å². The van der Waals surface area contributed by atoms with Crippen LogP contribution in [0.15, 0.2) is 9.63 Å². The molecule has 1 aromatic heterocycles. The van der Waals surface area contributed by atoms with Crippen LogP contribution in [0.1, 0.15) is 32.1 Å². The zero-order valence-electron chi connectivity index (χ0n) is 10.5. The lowest BCUT2D eigenvalue weighted by Gasteiger charge is -2.21. The molecule has 0 aromatic carbocycles. The molecule has 0 saturated heterocycles. The number of nitrogens with zero attached hydrogens (tertiary/aromatic N) is 3. The van der Waals surface area contributed by atoms with Crippen molar-refractivity contribution in [3.8, 4) is 0 Å². The van der Waals surface area contributed by atoms with E-state index in [0.29, 0.717) is 0 Å². The molecule has 1 heterocycles. The van der Waals surface area contributed by atoms with Crippen molar-refractivity contribution in [3.05, 3.63) is 4.60 Å². The van der Waals surface area contributed by atoms with Crippen LogP contribution in [-0.4, -0.2) is 34.3 Å². The molecule has 1 aromatic rings. The molecule has 1 N–H and O–H groups in total. The van der Waals surface area contributed by atoms with Gasteiger partial charge < -0.3 is 0 Å². The van der Waals surface area contributed by atoms with Gasteiger partial charge in [0, 0.05) is 17.9 Å². The number of aromatic nitrogens is 3. The Labute approximate surface area is 129 Å². The molecule has 9 heteroatoms. The quantitative estimate of drug-likeness (QED) is 0.604. The van der Waals surface area contributed by atoms with Crippen LogP contribution >= 0.6 is 31.9 Å². The molecule has 1 fully saturated rings. The fourth-order valence-corrected chi connectivity index (χ4v) is 5.56. The lowest BCUT2D eigenvalue weighted by molar-refractivity contribution is 0.511. The highest BCUT2D eigenvalue weighted by molar-refractivity contribution is 9.10. The van der Waals surface area contributed by atoms with Crippen molar-refractivity contribution in [2.75, 3.05) is 0 Å². The minimum absolute atomic E-state index is 0.0662. The van der Waals surface area contributed by atoms with E-state index in [9.17, 15) is 8.42 Å². The summed E-state index contributed by atoms with van der Waals surface area (Å²) in [5.41, 5.74) is 0. The summed E-state index contributed by atoms with van der Waals surface area (Å²) in [5.74, 6) is 0. The highest BCUT2D eigenvalue weighted by Crippen LogP contribution is 2.26. The van der Waals surface area contributed by atoms with Crippen LogP contribution in [0.25, 0.3) is 0 Å². The highest BCUT2D eigenvalue weighted by Gasteiger charge is 2.30. The van der Waals surface area contributed by atoms with Gasteiger partial charge in [-0.15, -0.1) is 5.10 Å². The first-order valence-corrected chi connectivity index (χ1v) is 9.32. The first kappa shape index (κ1) is 15.4. The number of alkyl halides is 1. The summed E-state index contributed by atoms with van der Waals surface area (Å²) in [6, 6.07) is -0.0886. The topological polar surface area (TPSA) is 76.9 Å². The third-order valence-corrected chi connectivity index (χ3v) is 6.70. The maximum atomic E-state index is 12.4. The maximum Gasteiger partial charge on any atom is 0.260 e. The van der Waals surface area contributed by atoms with E-state index in [1.165, 1.54) is 4.68 Å². The summed E-state index contributed by atoms with van der Waals surface area (Å²) in [7, 11) is -2.06. The molecule has 0 amide bonds. The zero-order chi connectivity index (χ0) is 14.0. The normalized spacial score (nSPS) is 25.2. The Balaban J connectivity index is 2.21. The Kier molecular flexibility index (Phi) is 5.02. The van der Waals surface area contributed by atoms with Gasteiger partial charge in [0.15, 0.2) is 4.60 Å². The summed E-state index contributed by atoms with van der Waals surface area (Å²) < 4.78 is 29.1. The molecule has 19 heavy (non-hydrogen) atoms. The lowest BCUT2D eigenvalue weighted by Crippen LogP contribution is -2.41. The number of hydrogen-bond acceptors (Lipinski definition) is 4. The fraction of sp³-hybridized carbons (Fsp3) is 0.800. The smallest absolute Gasteiger partial charge is 0.235 e. The van der Waals surface area contributed by atoms with Crippen LogP contribution in [0.3, 0.4) is 0 Å². The number of sulfonamides is 1. The second-order valence-corrected chi connectivity index (χ2v) is 8.25. The zero-order valence-corrected chi connectivity index (χ0v) is 14.5. The minimum Gasteiger partial charge on any atom is -0.235 e. The van der Waals surface area contributed by atoms with Crippen LogP contribution < -0.4 is 4.72 Å². The summed E-state index contributed by atoms with van der Waals surface area (Å²) in [5, 5.41) is 7.48. The molecule has 1 saturated carbocycles. The van der Waals surface area contributed by atoms with Gasteiger partial charge in [0.2, 0.25) is 5.03 Å². The van der Waals surface area contributed by atoms with E-state index in [1.807, 2.05) is 0 Å². The Morgan fingerprint density at radius 1 is 1.32 bits per heavy atom. The van der Waals surface area contributed by atoms with E-state index >= 15 is 0 Å². The van der Waals surface area contributed by atoms with Crippen molar-refractivity contribution in [2.24, 2.45) is 7.05 Å². The molecule has 1 aliphatic rings. The number of halogens is 2. The number of hydrogen-bond donors (Lipinski definition) is 1. The lowest BCUT2D eigenvalue weighted by atomic mass is 10.1. The molecular weight excluding hydrogens is 400 g/mol. The van der Waals surface area contributed by atoms with Crippen LogP contribution in [0, 0.1) is 0 Å². The summed E-state index contributed by atoms with van der Waals surface area (Å²) in [4.78, 5) is 0.171. The van der Waals surface area contributed by atoms with E-state index in [0.717, 1.165) is 32.1 Å². The summed E-state index contributed by atoms with van der Waals surface area (Å²) in [6.45, 7) is 0. The molecular formula is C10H16Br2N4O2S. The predicted molar refractivity (Wildman–Crippen MR) is 78.6 cm³/mol. The average molecular weight is 416 g/mol. The molecule has 0 bridgehead atoms. The maximum absolute atomic E-state index is 12.4. The Morgan fingerprint density at radius 3 is 2.63 bits per heavy atom. The fourth-order valence-electron chi connectivity index (χ4n) is 2.26. The summed E-state index contributed by atoms with van der Waals surface area (Å²) >= 11 is 6.70. The monoisotopic (exact) mass is 414 g/mol.